The Bertz CT molecular complexity index is 463. The van der Waals surface area contributed by atoms with E-state index in [1.165, 1.54) is 11.1 Å². The number of nitrogens with one attached hydrogen (secondary N) is 1. The van der Waals surface area contributed by atoms with E-state index in [-0.39, 0.29) is 11.1 Å². The van der Waals surface area contributed by atoms with Gasteiger partial charge in [0.1, 0.15) is 0 Å². The zero-order chi connectivity index (χ0) is 15.5. The van der Waals surface area contributed by atoms with Crippen molar-refractivity contribution in [3.63, 3.8) is 0 Å². The lowest BCUT2D eigenvalue weighted by Crippen LogP contribution is -2.47. The highest BCUT2D eigenvalue weighted by atomic mass is 16.5. The fraction of sp³-hybridized carbons (Fsp3) is 0.667. The number of nitrogens with zero attached hydrogens (tertiary/aromatic N) is 1. The maximum absolute atomic E-state index is 5.78. The van der Waals surface area contributed by atoms with Crippen molar-refractivity contribution in [1.29, 1.82) is 0 Å². The van der Waals surface area contributed by atoms with Crippen LogP contribution in [0.15, 0.2) is 24.3 Å². The summed E-state index contributed by atoms with van der Waals surface area (Å²) in [6.45, 7) is 15.7. The zero-order valence-corrected chi connectivity index (χ0v) is 14.2. The zero-order valence-electron chi connectivity index (χ0n) is 14.2. The molecule has 21 heavy (non-hydrogen) atoms. The summed E-state index contributed by atoms with van der Waals surface area (Å²) < 4.78 is 5.78. The van der Waals surface area contributed by atoms with Crippen LogP contribution >= 0.6 is 0 Å². The monoisotopic (exact) mass is 290 g/mol. The van der Waals surface area contributed by atoms with E-state index in [1.54, 1.807) is 0 Å². The predicted octanol–water partition coefficient (Wildman–Crippen LogP) is 3.19. The Kier molecular flexibility index (Phi) is 5.07. The first-order valence-electron chi connectivity index (χ1n) is 7.93. The van der Waals surface area contributed by atoms with Gasteiger partial charge in [0.25, 0.3) is 0 Å². The summed E-state index contributed by atoms with van der Waals surface area (Å²) >= 11 is 0. The van der Waals surface area contributed by atoms with Gasteiger partial charge in [-0.2, -0.15) is 0 Å². The lowest BCUT2D eigenvalue weighted by molar-refractivity contribution is -0.0882. The second kappa shape index (κ2) is 6.47. The van der Waals surface area contributed by atoms with Crippen LogP contribution < -0.4 is 5.32 Å². The lowest BCUT2D eigenvalue weighted by atomic mass is 10.0. The Morgan fingerprint density at radius 1 is 1.24 bits per heavy atom. The number of morpholine rings is 1. The van der Waals surface area contributed by atoms with Gasteiger partial charge in [-0.15, -0.1) is 0 Å². The maximum atomic E-state index is 5.78. The quantitative estimate of drug-likeness (QED) is 0.921. The standard InChI is InChI=1S/C18H30N2O/c1-17(2,3)19-12-15-7-6-8-16(11-15)13-20-9-10-21-18(4,5)14-20/h6-8,11,19H,9-10,12-14H2,1-5H3. The van der Waals surface area contributed by atoms with Gasteiger partial charge in [0.2, 0.25) is 0 Å². The van der Waals surface area contributed by atoms with Gasteiger partial charge in [0, 0.05) is 31.7 Å². The van der Waals surface area contributed by atoms with Gasteiger partial charge in [-0.3, -0.25) is 4.90 Å². The molecule has 2 rings (SSSR count). The van der Waals surface area contributed by atoms with E-state index in [0.29, 0.717) is 0 Å². The van der Waals surface area contributed by atoms with E-state index >= 15 is 0 Å². The summed E-state index contributed by atoms with van der Waals surface area (Å²) in [5.41, 5.74) is 2.88. The van der Waals surface area contributed by atoms with Crippen LogP contribution in [-0.4, -0.2) is 35.7 Å². The molecule has 3 heteroatoms. The van der Waals surface area contributed by atoms with Gasteiger partial charge in [0.05, 0.1) is 12.2 Å². The first kappa shape index (κ1) is 16.5. The number of benzene rings is 1. The largest absolute Gasteiger partial charge is 0.373 e. The molecule has 0 aromatic heterocycles. The van der Waals surface area contributed by atoms with Gasteiger partial charge in [-0.1, -0.05) is 24.3 Å². The first-order valence-corrected chi connectivity index (χ1v) is 7.93. The third-order valence-corrected chi connectivity index (χ3v) is 3.73. The summed E-state index contributed by atoms with van der Waals surface area (Å²) in [5.74, 6) is 0. The summed E-state index contributed by atoms with van der Waals surface area (Å²) in [5, 5.41) is 3.55. The Morgan fingerprint density at radius 3 is 2.62 bits per heavy atom. The van der Waals surface area contributed by atoms with E-state index in [2.05, 4.69) is 69.1 Å². The minimum Gasteiger partial charge on any atom is -0.373 e. The molecule has 0 amide bonds. The fourth-order valence-corrected chi connectivity index (χ4v) is 2.71. The Morgan fingerprint density at radius 2 is 1.95 bits per heavy atom. The van der Waals surface area contributed by atoms with Crippen LogP contribution in [0.1, 0.15) is 45.7 Å². The van der Waals surface area contributed by atoms with Gasteiger partial charge >= 0.3 is 0 Å². The minimum atomic E-state index is -0.0242. The van der Waals surface area contributed by atoms with E-state index in [9.17, 15) is 0 Å². The van der Waals surface area contributed by atoms with Crippen molar-refractivity contribution in [2.75, 3.05) is 19.7 Å². The minimum absolute atomic E-state index is 0.0242. The molecule has 0 spiro atoms. The summed E-state index contributed by atoms with van der Waals surface area (Å²) in [7, 11) is 0. The summed E-state index contributed by atoms with van der Waals surface area (Å²) in [6, 6.07) is 8.91. The number of hydrogen-bond acceptors (Lipinski definition) is 3. The summed E-state index contributed by atoms with van der Waals surface area (Å²) in [4.78, 5) is 2.49. The lowest BCUT2D eigenvalue weighted by Gasteiger charge is -2.38. The van der Waals surface area contributed by atoms with Crippen LogP contribution in [0.3, 0.4) is 0 Å². The van der Waals surface area contributed by atoms with Crippen molar-refractivity contribution in [3.05, 3.63) is 35.4 Å². The van der Waals surface area contributed by atoms with Crippen LogP contribution in [-0.2, 0) is 17.8 Å². The number of rotatable bonds is 4. The van der Waals surface area contributed by atoms with Crippen molar-refractivity contribution in [2.24, 2.45) is 0 Å². The van der Waals surface area contributed by atoms with Crippen LogP contribution in [0.5, 0.6) is 0 Å². The van der Waals surface area contributed by atoms with Gasteiger partial charge in [-0.25, -0.2) is 0 Å². The average Bonchev–Trinajstić information content (AvgIpc) is 2.35. The summed E-state index contributed by atoms with van der Waals surface area (Å²) in [6.07, 6.45) is 0. The molecule has 1 aromatic rings. The molecule has 1 saturated heterocycles. The first-order chi connectivity index (χ1) is 9.73. The molecule has 0 atom stereocenters. The normalized spacial score (nSPS) is 19.7. The molecule has 1 aromatic carbocycles. The Labute approximate surface area is 129 Å². The highest BCUT2D eigenvalue weighted by Gasteiger charge is 2.26. The highest BCUT2D eigenvalue weighted by molar-refractivity contribution is 5.23. The van der Waals surface area contributed by atoms with Crippen molar-refractivity contribution >= 4 is 0 Å². The molecule has 0 saturated carbocycles. The molecule has 0 bridgehead atoms. The number of hydrogen-bond donors (Lipinski definition) is 1. The van der Waals surface area contributed by atoms with E-state index < -0.39 is 0 Å². The third-order valence-electron chi connectivity index (χ3n) is 3.73. The Balaban J connectivity index is 1.94. The van der Waals surface area contributed by atoms with Crippen LogP contribution in [0.2, 0.25) is 0 Å². The molecule has 1 fully saturated rings. The SMILES string of the molecule is CC(C)(C)NCc1cccc(CN2CCOC(C)(C)C2)c1. The second-order valence-electron chi connectivity index (χ2n) is 7.74. The molecule has 0 aliphatic carbocycles. The predicted molar refractivity (Wildman–Crippen MR) is 88.3 cm³/mol. The topological polar surface area (TPSA) is 24.5 Å². The smallest absolute Gasteiger partial charge is 0.0753 e. The molecular weight excluding hydrogens is 260 g/mol. The molecule has 1 aliphatic heterocycles. The Hall–Kier alpha value is -0.900. The van der Waals surface area contributed by atoms with Gasteiger partial charge in [0.15, 0.2) is 0 Å². The van der Waals surface area contributed by atoms with Crippen molar-refractivity contribution in [1.82, 2.24) is 10.2 Å². The van der Waals surface area contributed by atoms with Gasteiger partial charge in [-0.05, 0) is 45.7 Å². The molecule has 1 N–H and O–H groups in total. The van der Waals surface area contributed by atoms with Crippen LogP contribution in [0.4, 0.5) is 0 Å². The van der Waals surface area contributed by atoms with Crippen molar-refractivity contribution in [3.8, 4) is 0 Å². The maximum Gasteiger partial charge on any atom is 0.0753 e. The van der Waals surface area contributed by atoms with Crippen LogP contribution in [0.25, 0.3) is 0 Å². The van der Waals surface area contributed by atoms with E-state index in [4.69, 9.17) is 4.74 Å². The van der Waals surface area contributed by atoms with Crippen molar-refractivity contribution < 1.29 is 4.74 Å². The van der Waals surface area contributed by atoms with E-state index in [1.807, 2.05) is 0 Å². The fourth-order valence-electron chi connectivity index (χ4n) is 2.71. The average molecular weight is 290 g/mol. The highest BCUT2D eigenvalue weighted by Crippen LogP contribution is 2.19. The third kappa shape index (κ3) is 5.77. The molecule has 118 valence electrons. The van der Waals surface area contributed by atoms with Crippen molar-refractivity contribution in [2.45, 2.75) is 58.8 Å². The molecule has 0 radical (unpaired) electrons. The molecule has 0 unspecified atom stereocenters. The van der Waals surface area contributed by atoms with E-state index in [0.717, 1.165) is 32.8 Å². The molecule has 1 heterocycles. The molecule has 1 aliphatic rings. The molecule has 3 nitrogen and oxygen atoms in total. The van der Waals surface area contributed by atoms with Crippen LogP contribution in [0, 0.1) is 0 Å². The number of ether oxygens (including phenoxy) is 1. The molecular formula is C18H30N2O. The van der Waals surface area contributed by atoms with Gasteiger partial charge < -0.3 is 10.1 Å². The second-order valence-corrected chi connectivity index (χ2v) is 7.74.